The molecule has 25 heavy (non-hydrogen) atoms. The Morgan fingerprint density at radius 3 is 2.32 bits per heavy atom. The quantitative estimate of drug-likeness (QED) is 0.565. The van der Waals surface area contributed by atoms with Crippen molar-refractivity contribution in [2.24, 2.45) is 0 Å². The fraction of sp³-hybridized carbons (Fsp3) is 0.105. The van der Waals surface area contributed by atoms with Gasteiger partial charge in [0.2, 0.25) is 0 Å². The Kier molecular flexibility index (Phi) is 3.46. The second-order valence-corrected chi connectivity index (χ2v) is 5.86. The van der Waals surface area contributed by atoms with Crippen molar-refractivity contribution in [1.82, 2.24) is 19.6 Å². The first-order valence-corrected chi connectivity index (χ1v) is 7.86. The summed E-state index contributed by atoms with van der Waals surface area (Å²) in [5, 5.41) is 9.26. The largest absolute Gasteiger partial charge is 0.298 e. The van der Waals surface area contributed by atoms with Gasteiger partial charge in [0.05, 0.1) is 17.6 Å². The van der Waals surface area contributed by atoms with Crippen LogP contribution in [0, 0.1) is 19.7 Å². The third kappa shape index (κ3) is 2.34. The number of fused-ring (bicyclic) bond motifs is 1. The van der Waals surface area contributed by atoms with E-state index in [2.05, 4.69) is 10.2 Å². The lowest BCUT2D eigenvalue weighted by Gasteiger charge is -2.10. The van der Waals surface area contributed by atoms with E-state index >= 15 is 0 Å². The van der Waals surface area contributed by atoms with E-state index in [0.717, 1.165) is 5.56 Å². The summed E-state index contributed by atoms with van der Waals surface area (Å²) in [5.41, 5.74) is 2.47. The van der Waals surface area contributed by atoms with E-state index in [1.165, 1.54) is 15.4 Å². The molecule has 4 rings (SSSR count). The van der Waals surface area contributed by atoms with E-state index in [-0.39, 0.29) is 11.2 Å². The first kappa shape index (κ1) is 15.3. The lowest BCUT2D eigenvalue weighted by Crippen LogP contribution is -2.24. The maximum absolute atomic E-state index is 14.2. The van der Waals surface area contributed by atoms with Crippen LogP contribution in [0.15, 0.2) is 59.5 Å². The molecule has 4 aromatic rings. The normalized spacial score (nSPS) is 11.2. The van der Waals surface area contributed by atoms with Crippen LogP contribution >= 0.6 is 0 Å². The molecule has 2 heterocycles. The number of halogens is 1. The van der Waals surface area contributed by atoms with Gasteiger partial charge < -0.3 is 0 Å². The maximum atomic E-state index is 14.2. The smallest absolute Gasteiger partial charge is 0.265 e. The highest BCUT2D eigenvalue weighted by atomic mass is 19.1. The van der Waals surface area contributed by atoms with Crippen LogP contribution in [0.4, 0.5) is 4.39 Å². The zero-order valence-electron chi connectivity index (χ0n) is 13.8. The number of aromatic nitrogens is 4. The number of aryl methyl sites for hydroxylation is 2. The van der Waals surface area contributed by atoms with E-state index in [9.17, 15) is 9.18 Å². The number of rotatable bonds is 2. The third-order valence-electron chi connectivity index (χ3n) is 4.23. The van der Waals surface area contributed by atoms with Crippen LogP contribution in [-0.2, 0) is 0 Å². The van der Waals surface area contributed by atoms with Gasteiger partial charge in [0.1, 0.15) is 17.0 Å². The molecule has 0 aliphatic rings. The minimum atomic E-state index is -0.441. The van der Waals surface area contributed by atoms with Crippen LogP contribution in [0.1, 0.15) is 11.3 Å². The van der Waals surface area contributed by atoms with Crippen molar-refractivity contribution in [3.63, 3.8) is 0 Å². The summed E-state index contributed by atoms with van der Waals surface area (Å²) in [6.45, 7) is 3.72. The number of hydrogen-bond donors (Lipinski definition) is 0. The molecule has 0 bridgehead atoms. The van der Waals surface area contributed by atoms with E-state index < -0.39 is 5.82 Å². The molecule has 2 aromatic carbocycles. The van der Waals surface area contributed by atoms with Gasteiger partial charge in [-0.15, -0.1) is 0 Å². The molecule has 0 aliphatic carbocycles. The topological polar surface area (TPSA) is 52.7 Å². The Morgan fingerprint density at radius 2 is 1.60 bits per heavy atom. The molecule has 6 heteroatoms. The summed E-state index contributed by atoms with van der Waals surface area (Å²) >= 11 is 0. The van der Waals surface area contributed by atoms with Gasteiger partial charge in [-0.2, -0.15) is 14.9 Å². The molecule has 0 aliphatic heterocycles. The molecule has 0 saturated heterocycles. The van der Waals surface area contributed by atoms with Gasteiger partial charge in [0, 0.05) is 5.39 Å². The monoisotopic (exact) mass is 334 g/mol. The van der Waals surface area contributed by atoms with Crippen molar-refractivity contribution < 1.29 is 4.39 Å². The van der Waals surface area contributed by atoms with Gasteiger partial charge in [-0.25, -0.2) is 9.07 Å². The van der Waals surface area contributed by atoms with Crippen molar-refractivity contribution in [1.29, 1.82) is 0 Å². The van der Waals surface area contributed by atoms with Crippen LogP contribution in [0.5, 0.6) is 0 Å². The van der Waals surface area contributed by atoms with Gasteiger partial charge in [-0.1, -0.05) is 30.3 Å². The summed E-state index contributed by atoms with van der Waals surface area (Å²) in [6.07, 6.45) is 1.55. The molecule has 2 aromatic heterocycles. The van der Waals surface area contributed by atoms with Gasteiger partial charge in [0.15, 0.2) is 0 Å². The van der Waals surface area contributed by atoms with Gasteiger partial charge in [0.25, 0.3) is 5.56 Å². The Balaban J connectivity index is 2.09. The van der Waals surface area contributed by atoms with Crippen LogP contribution in [0.3, 0.4) is 0 Å². The van der Waals surface area contributed by atoms with E-state index in [4.69, 9.17) is 0 Å². The van der Waals surface area contributed by atoms with Crippen LogP contribution in [0.2, 0.25) is 0 Å². The van der Waals surface area contributed by atoms with Crippen molar-refractivity contribution in [2.75, 3.05) is 0 Å². The summed E-state index contributed by atoms with van der Waals surface area (Å²) in [4.78, 5) is 13.1. The zero-order chi connectivity index (χ0) is 17.6. The molecule has 5 nitrogen and oxygen atoms in total. The predicted octanol–water partition coefficient (Wildman–Crippen LogP) is 3.33. The molecular formula is C19H15FN4O. The minimum Gasteiger partial charge on any atom is -0.265 e. The predicted molar refractivity (Wildman–Crippen MR) is 93.9 cm³/mol. The summed E-state index contributed by atoms with van der Waals surface area (Å²) in [5.74, 6) is -0.441. The second kappa shape index (κ2) is 5.66. The Morgan fingerprint density at radius 1 is 0.920 bits per heavy atom. The third-order valence-corrected chi connectivity index (χ3v) is 4.23. The fourth-order valence-corrected chi connectivity index (χ4v) is 2.94. The van der Waals surface area contributed by atoms with Gasteiger partial charge >= 0.3 is 0 Å². The summed E-state index contributed by atoms with van der Waals surface area (Å²) in [7, 11) is 0. The lowest BCUT2D eigenvalue weighted by atomic mass is 10.2. The van der Waals surface area contributed by atoms with Crippen molar-refractivity contribution in [2.45, 2.75) is 13.8 Å². The molecule has 124 valence electrons. The van der Waals surface area contributed by atoms with Crippen LogP contribution < -0.4 is 5.56 Å². The molecule has 0 N–H and O–H groups in total. The Hall–Kier alpha value is -3.28. The summed E-state index contributed by atoms with van der Waals surface area (Å²) < 4.78 is 16.9. The molecule has 0 saturated carbocycles. The van der Waals surface area contributed by atoms with Crippen LogP contribution in [0.25, 0.3) is 22.3 Å². The number of benzene rings is 2. The van der Waals surface area contributed by atoms with Crippen molar-refractivity contribution in [3.8, 4) is 11.4 Å². The number of hydrogen-bond acceptors (Lipinski definition) is 3. The highest BCUT2D eigenvalue weighted by Crippen LogP contribution is 2.20. The Labute approximate surface area is 143 Å². The molecule has 0 unspecified atom stereocenters. The van der Waals surface area contributed by atoms with E-state index in [1.54, 1.807) is 24.4 Å². The average molecular weight is 334 g/mol. The molecular weight excluding hydrogens is 319 g/mol. The van der Waals surface area contributed by atoms with Gasteiger partial charge in [-0.3, -0.25) is 4.79 Å². The molecule has 0 atom stereocenters. The Bertz CT molecular complexity index is 1160. The van der Waals surface area contributed by atoms with E-state index in [1.807, 2.05) is 38.1 Å². The van der Waals surface area contributed by atoms with Crippen molar-refractivity contribution in [3.05, 3.63) is 82.2 Å². The van der Waals surface area contributed by atoms with Crippen molar-refractivity contribution >= 4 is 10.9 Å². The standard InChI is InChI=1S/C19H15FN4O/c1-12-7-3-5-9-16(12)24-19(25)18-14(13(2)22-24)11-21-23(18)17-10-6-4-8-15(17)20/h3-11H,1-2H3. The van der Waals surface area contributed by atoms with Gasteiger partial charge in [-0.05, 0) is 37.6 Å². The first-order chi connectivity index (χ1) is 12.1. The number of para-hydroxylation sites is 2. The average Bonchev–Trinajstić information content (AvgIpc) is 3.05. The minimum absolute atomic E-state index is 0.233. The molecule has 0 spiro atoms. The maximum Gasteiger partial charge on any atom is 0.298 e. The first-order valence-electron chi connectivity index (χ1n) is 7.86. The fourth-order valence-electron chi connectivity index (χ4n) is 2.94. The molecule has 0 radical (unpaired) electrons. The highest BCUT2D eigenvalue weighted by molar-refractivity contribution is 5.81. The lowest BCUT2D eigenvalue weighted by molar-refractivity contribution is 0.612. The number of nitrogens with zero attached hydrogens (tertiary/aromatic N) is 4. The van der Waals surface area contributed by atoms with Crippen LogP contribution in [-0.4, -0.2) is 19.6 Å². The SMILES string of the molecule is Cc1ccccc1-n1nc(C)c2cnn(-c3ccccc3F)c2c1=O. The second-order valence-electron chi connectivity index (χ2n) is 5.86. The zero-order valence-corrected chi connectivity index (χ0v) is 13.8. The highest BCUT2D eigenvalue weighted by Gasteiger charge is 2.18. The molecule has 0 fully saturated rings. The van der Waals surface area contributed by atoms with E-state index in [0.29, 0.717) is 22.3 Å². The summed E-state index contributed by atoms with van der Waals surface area (Å²) in [6, 6.07) is 13.7. The molecule has 0 amide bonds.